The SMILES string of the molecule is CC(C)[O-].CC(C)[O-].CCCCPC1CCCC(C(C)(C)C)(C(C)(C)C)C1.CCCC[PH][Ti+2]. The van der Waals surface area contributed by atoms with Crippen LogP contribution in [0.15, 0.2) is 0 Å². The van der Waals surface area contributed by atoms with Crippen LogP contribution in [0.5, 0.6) is 0 Å². The Morgan fingerprint density at radius 1 is 0.848 bits per heavy atom. The first-order valence-electron chi connectivity index (χ1n) is 13.5. The molecule has 3 unspecified atom stereocenters. The van der Waals surface area contributed by atoms with Crippen molar-refractivity contribution in [3.05, 3.63) is 0 Å². The van der Waals surface area contributed by atoms with Gasteiger partial charge in [-0.3, -0.25) is 0 Å². The maximum absolute atomic E-state index is 9.53. The van der Waals surface area contributed by atoms with Crippen molar-refractivity contribution in [1.29, 1.82) is 0 Å². The van der Waals surface area contributed by atoms with E-state index < -0.39 is 12.2 Å². The molecule has 5 heteroatoms. The summed E-state index contributed by atoms with van der Waals surface area (Å²) in [5, 5.41) is 19.1. The third kappa shape index (κ3) is 21.3. The molecule has 0 heterocycles. The Bertz CT molecular complexity index is 386. The Balaban J connectivity index is -0.000000525. The molecule has 1 saturated carbocycles. The normalized spacial score (nSPS) is 18.7. The summed E-state index contributed by atoms with van der Waals surface area (Å²) in [4.78, 5) is 0. The Morgan fingerprint density at radius 2 is 1.24 bits per heavy atom. The minimum absolute atomic E-state index is 0.417. The average molecular weight is 540 g/mol. The van der Waals surface area contributed by atoms with E-state index in [0.29, 0.717) is 16.2 Å². The molecule has 1 fully saturated rings. The van der Waals surface area contributed by atoms with E-state index in [-0.39, 0.29) is 0 Å². The van der Waals surface area contributed by atoms with Crippen molar-refractivity contribution in [2.24, 2.45) is 16.2 Å². The van der Waals surface area contributed by atoms with Crippen LogP contribution in [0.25, 0.3) is 0 Å². The molecule has 1 rings (SSSR count). The van der Waals surface area contributed by atoms with Gasteiger partial charge in [0.2, 0.25) is 0 Å². The quantitative estimate of drug-likeness (QED) is 0.187. The van der Waals surface area contributed by atoms with Gasteiger partial charge in [-0.15, -0.1) is 20.8 Å². The summed E-state index contributed by atoms with van der Waals surface area (Å²) in [7, 11) is 1.21. The molecular weight excluding hydrogens is 478 g/mol. The van der Waals surface area contributed by atoms with Crippen LogP contribution in [-0.4, -0.2) is 30.2 Å². The van der Waals surface area contributed by atoms with Gasteiger partial charge in [0.25, 0.3) is 0 Å². The summed E-state index contributed by atoms with van der Waals surface area (Å²) in [5.41, 5.74) is 2.40. The van der Waals surface area contributed by atoms with E-state index in [1.54, 1.807) is 27.7 Å². The first kappa shape index (κ1) is 39.0. The summed E-state index contributed by atoms with van der Waals surface area (Å²) >= 11 is 2.26. The molecule has 0 spiro atoms. The monoisotopic (exact) mass is 539 g/mol. The van der Waals surface area contributed by atoms with Crippen LogP contribution in [0.2, 0.25) is 0 Å². The number of hydrogen-bond acceptors (Lipinski definition) is 2. The van der Waals surface area contributed by atoms with Crippen LogP contribution in [0.1, 0.15) is 134 Å². The Hall–Kier alpha value is 1.49. The molecular formula is C28H61O2P2Ti. The molecule has 1 aliphatic rings. The third-order valence-electron chi connectivity index (χ3n) is 6.24. The van der Waals surface area contributed by atoms with Gasteiger partial charge in [0, 0.05) is 0 Å². The molecule has 0 radical (unpaired) electrons. The number of unbranched alkanes of at least 4 members (excludes halogenated alkanes) is 2. The van der Waals surface area contributed by atoms with Crippen LogP contribution in [0.4, 0.5) is 0 Å². The summed E-state index contributed by atoms with van der Waals surface area (Å²) in [6.45, 7) is 27.1. The van der Waals surface area contributed by atoms with E-state index in [4.69, 9.17) is 0 Å². The molecule has 0 aromatic carbocycles. The Morgan fingerprint density at radius 3 is 1.55 bits per heavy atom. The van der Waals surface area contributed by atoms with Crippen molar-refractivity contribution < 1.29 is 30.1 Å². The summed E-state index contributed by atoms with van der Waals surface area (Å²) in [6, 6.07) is 0. The standard InChI is InChI=1S/C18H37P.C4H10P.2C3H7O.Ti/c1-8-9-13-19-15-11-10-12-18(14-15,16(2,3)4)17(5,6)7;1-2-3-4-5;2*1-3(2)4;/h15,19H,8-14H2,1-7H3;5H,2-4H2,1H3;2*3H,1-2H3;/q;3*-1;+3. The molecule has 0 aromatic rings. The van der Waals surface area contributed by atoms with Gasteiger partial charge in [-0.05, 0) is 53.7 Å². The van der Waals surface area contributed by atoms with Gasteiger partial charge in [0.05, 0.1) is 0 Å². The molecule has 33 heavy (non-hydrogen) atoms. The second-order valence-electron chi connectivity index (χ2n) is 12.1. The van der Waals surface area contributed by atoms with Crippen LogP contribution in [0, 0.1) is 16.2 Å². The number of rotatable bonds is 7. The van der Waals surface area contributed by atoms with Crippen molar-refractivity contribution in [2.45, 2.75) is 152 Å². The molecule has 0 aliphatic heterocycles. The van der Waals surface area contributed by atoms with E-state index in [1.165, 1.54) is 72.3 Å². The molecule has 1 aliphatic carbocycles. The zero-order chi connectivity index (χ0) is 26.7. The van der Waals surface area contributed by atoms with Crippen molar-refractivity contribution in [3.63, 3.8) is 0 Å². The van der Waals surface area contributed by atoms with E-state index in [0.717, 1.165) is 12.2 Å². The van der Waals surface area contributed by atoms with Gasteiger partial charge < -0.3 is 10.2 Å². The molecule has 3 atom stereocenters. The zero-order valence-corrected chi connectivity index (χ0v) is 28.2. The second-order valence-corrected chi connectivity index (χ2v) is 16.3. The molecule has 0 saturated heterocycles. The summed E-state index contributed by atoms with van der Waals surface area (Å²) in [6.07, 6.45) is 13.5. The van der Waals surface area contributed by atoms with Crippen molar-refractivity contribution in [1.82, 2.24) is 0 Å². The van der Waals surface area contributed by atoms with Crippen molar-refractivity contribution in [2.75, 3.05) is 12.3 Å². The van der Waals surface area contributed by atoms with Crippen LogP contribution in [-0.2, 0) is 19.9 Å². The fourth-order valence-corrected chi connectivity index (χ4v) is 7.91. The van der Waals surface area contributed by atoms with Gasteiger partial charge >= 0.3 is 52.4 Å². The van der Waals surface area contributed by atoms with E-state index in [9.17, 15) is 10.2 Å². The van der Waals surface area contributed by atoms with Gasteiger partial charge in [-0.1, -0.05) is 89.0 Å². The average Bonchev–Trinajstić information content (AvgIpc) is 2.65. The summed E-state index contributed by atoms with van der Waals surface area (Å²) < 4.78 is 0. The van der Waals surface area contributed by atoms with E-state index >= 15 is 0 Å². The first-order valence-corrected chi connectivity index (χ1v) is 18.3. The minimum atomic E-state index is -0.417. The van der Waals surface area contributed by atoms with Crippen molar-refractivity contribution >= 4 is 15.2 Å². The van der Waals surface area contributed by atoms with E-state index in [1.807, 2.05) is 0 Å². The van der Waals surface area contributed by atoms with Gasteiger partial charge in [-0.2, -0.15) is 0 Å². The molecule has 199 valence electrons. The van der Waals surface area contributed by atoms with E-state index in [2.05, 4.69) is 75.3 Å². The molecule has 0 bridgehead atoms. The predicted molar refractivity (Wildman–Crippen MR) is 150 cm³/mol. The molecule has 0 aromatic heterocycles. The van der Waals surface area contributed by atoms with Gasteiger partial charge in [0.1, 0.15) is 0 Å². The predicted octanol–water partition coefficient (Wildman–Crippen LogP) is 7.92. The van der Waals surface area contributed by atoms with Crippen LogP contribution >= 0.6 is 15.2 Å². The zero-order valence-electron chi connectivity index (χ0n) is 24.6. The van der Waals surface area contributed by atoms with Crippen molar-refractivity contribution in [3.8, 4) is 0 Å². The summed E-state index contributed by atoms with van der Waals surface area (Å²) in [5.74, 6) is 0. The Labute approximate surface area is 225 Å². The number of hydrogen-bond donors (Lipinski definition) is 0. The van der Waals surface area contributed by atoms with Gasteiger partial charge in [-0.25, -0.2) is 0 Å². The molecule has 0 amide bonds. The maximum atomic E-state index is 9.53. The fraction of sp³-hybridized carbons (Fsp3) is 1.00. The molecule has 2 nitrogen and oxygen atoms in total. The third-order valence-corrected chi connectivity index (χ3v) is 9.73. The fourth-order valence-electron chi connectivity index (χ4n) is 4.68. The topological polar surface area (TPSA) is 46.1 Å². The van der Waals surface area contributed by atoms with Crippen LogP contribution < -0.4 is 10.2 Å². The Kier molecular flexibility index (Phi) is 25.5. The molecule has 0 N–H and O–H groups in total. The van der Waals surface area contributed by atoms with Crippen LogP contribution in [0.3, 0.4) is 0 Å². The first-order chi connectivity index (χ1) is 15.0. The van der Waals surface area contributed by atoms with Gasteiger partial charge in [0.15, 0.2) is 0 Å². The second kappa shape index (κ2) is 21.6.